The summed E-state index contributed by atoms with van der Waals surface area (Å²) in [6.45, 7) is -0.778. The van der Waals surface area contributed by atoms with Crippen molar-refractivity contribution >= 4 is 49.6 Å². The lowest BCUT2D eigenvalue weighted by Gasteiger charge is -2.25. The zero-order valence-electron chi connectivity index (χ0n) is 22.0. The monoisotopic (exact) mass is 589 g/mol. The zero-order chi connectivity index (χ0) is 29.0. The first-order valence-corrected chi connectivity index (χ1v) is 14.4. The fraction of sp³-hybridized carbons (Fsp3) is 0.308. The van der Waals surface area contributed by atoms with Gasteiger partial charge >= 0.3 is 5.97 Å². The van der Waals surface area contributed by atoms with Crippen LogP contribution in [0.1, 0.15) is 33.6 Å². The van der Waals surface area contributed by atoms with Gasteiger partial charge in [0.25, 0.3) is 15.7 Å². The number of thiophene rings is 1. The Morgan fingerprint density at radius 3 is 2.48 bits per heavy atom. The van der Waals surface area contributed by atoms with Crippen molar-refractivity contribution in [1.82, 2.24) is 0 Å². The second kappa shape index (κ2) is 11.9. The summed E-state index contributed by atoms with van der Waals surface area (Å²) in [5.74, 6) is -0.962. The highest BCUT2D eigenvalue weighted by Crippen LogP contribution is 2.40. The largest absolute Gasteiger partial charge is 0.497 e. The van der Waals surface area contributed by atoms with E-state index in [2.05, 4.69) is 5.32 Å². The first-order chi connectivity index (χ1) is 19.1. The van der Waals surface area contributed by atoms with E-state index in [-0.39, 0.29) is 22.0 Å². The van der Waals surface area contributed by atoms with Gasteiger partial charge in [-0.25, -0.2) is 13.2 Å². The van der Waals surface area contributed by atoms with Crippen LogP contribution in [0.2, 0.25) is 0 Å². The number of nitrogens with zero attached hydrogens (tertiary/aromatic N) is 2. The first-order valence-electron chi connectivity index (χ1n) is 12.1. The van der Waals surface area contributed by atoms with Crippen LogP contribution in [0.5, 0.6) is 11.5 Å². The molecule has 14 heteroatoms. The van der Waals surface area contributed by atoms with E-state index in [0.29, 0.717) is 12.2 Å². The number of carbonyl (C=O) groups is 2. The number of ether oxygens (including phenoxy) is 3. The van der Waals surface area contributed by atoms with E-state index in [1.165, 1.54) is 63.0 Å². The third-order valence-corrected chi connectivity index (χ3v) is 9.40. The number of nitro benzene ring substituents is 1. The molecule has 1 aliphatic rings. The number of sulfonamides is 1. The maximum absolute atomic E-state index is 13.9. The summed E-state index contributed by atoms with van der Waals surface area (Å²) in [7, 11) is -0.701. The van der Waals surface area contributed by atoms with Crippen molar-refractivity contribution in [3.8, 4) is 11.5 Å². The predicted octanol–water partition coefficient (Wildman–Crippen LogP) is 4.17. The number of anilines is 2. The van der Waals surface area contributed by atoms with Gasteiger partial charge in [-0.3, -0.25) is 19.2 Å². The SMILES string of the molecule is COC(=O)c1c(NC(=O)CN(c2ccc(OC)cc2OC)S(=O)(=O)c2ccccc2[N+](=O)[O-])sc2c1CCCC2. The number of fused-ring (bicyclic) bond motifs is 1. The number of amides is 1. The molecule has 0 radical (unpaired) electrons. The molecule has 212 valence electrons. The molecular weight excluding hydrogens is 562 g/mol. The number of esters is 1. The average molecular weight is 590 g/mol. The van der Waals surface area contributed by atoms with Crippen LogP contribution in [-0.4, -0.2) is 53.1 Å². The molecule has 4 rings (SSSR count). The Balaban J connectivity index is 1.79. The average Bonchev–Trinajstić information content (AvgIpc) is 3.32. The van der Waals surface area contributed by atoms with Crippen molar-refractivity contribution < 1.29 is 37.1 Å². The Hall–Kier alpha value is -4.17. The highest BCUT2D eigenvalue weighted by molar-refractivity contribution is 7.93. The highest BCUT2D eigenvalue weighted by atomic mass is 32.2. The number of nitro groups is 1. The zero-order valence-corrected chi connectivity index (χ0v) is 23.6. The number of nitrogens with one attached hydrogen (secondary N) is 1. The summed E-state index contributed by atoms with van der Waals surface area (Å²) in [4.78, 5) is 37.3. The number of benzene rings is 2. The molecule has 1 aliphatic carbocycles. The van der Waals surface area contributed by atoms with Crippen LogP contribution >= 0.6 is 11.3 Å². The van der Waals surface area contributed by atoms with Gasteiger partial charge in [-0.05, 0) is 49.4 Å². The molecule has 1 N–H and O–H groups in total. The Morgan fingerprint density at radius 1 is 1.07 bits per heavy atom. The number of rotatable bonds is 10. The van der Waals surface area contributed by atoms with Crippen LogP contribution in [0, 0.1) is 10.1 Å². The van der Waals surface area contributed by atoms with E-state index in [0.717, 1.165) is 46.1 Å². The van der Waals surface area contributed by atoms with Gasteiger partial charge in [-0.15, -0.1) is 11.3 Å². The van der Waals surface area contributed by atoms with Crippen molar-refractivity contribution in [3.05, 3.63) is 68.6 Å². The van der Waals surface area contributed by atoms with E-state index >= 15 is 0 Å². The van der Waals surface area contributed by atoms with Crippen LogP contribution in [0.4, 0.5) is 16.4 Å². The minimum Gasteiger partial charge on any atom is -0.497 e. The molecule has 0 unspecified atom stereocenters. The lowest BCUT2D eigenvalue weighted by molar-refractivity contribution is -0.387. The number of aryl methyl sites for hydroxylation is 1. The molecule has 0 fully saturated rings. The standard InChI is InChI=1S/C26H27N3O9S2/c1-36-16-12-13-18(20(14-16)37-2)28(40(34,35)22-11-7-5-9-19(22)29(32)33)15-23(30)27-25-24(26(31)38-3)17-8-4-6-10-21(17)39-25/h5,7,9,11-14H,4,6,8,10,15H2,1-3H3,(H,27,30). The Labute approximate surface area is 234 Å². The number of hydrogen-bond acceptors (Lipinski definition) is 10. The molecule has 1 aromatic heterocycles. The second-order valence-electron chi connectivity index (χ2n) is 8.73. The topological polar surface area (TPSA) is 154 Å². The fourth-order valence-electron chi connectivity index (χ4n) is 4.50. The minimum absolute atomic E-state index is 0.0460. The number of carbonyl (C=O) groups excluding carboxylic acids is 2. The molecule has 0 saturated heterocycles. The molecule has 0 bridgehead atoms. The smallest absolute Gasteiger partial charge is 0.341 e. The van der Waals surface area contributed by atoms with Crippen molar-refractivity contribution in [3.63, 3.8) is 0 Å². The molecule has 1 heterocycles. The van der Waals surface area contributed by atoms with Crippen molar-refractivity contribution in [2.45, 2.75) is 30.6 Å². The van der Waals surface area contributed by atoms with E-state index in [1.54, 1.807) is 0 Å². The molecular formula is C26H27N3O9S2. The molecule has 0 aliphatic heterocycles. The normalized spacial score (nSPS) is 12.7. The molecule has 0 spiro atoms. The summed E-state index contributed by atoms with van der Waals surface area (Å²) < 4.78 is 44.1. The molecule has 2 aromatic carbocycles. The van der Waals surface area contributed by atoms with Gasteiger partial charge in [-0.2, -0.15) is 0 Å². The molecule has 40 heavy (non-hydrogen) atoms. The van der Waals surface area contributed by atoms with Gasteiger partial charge in [0, 0.05) is 17.0 Å². The van der Waals surface area contributed by atoms with Gasteiger partial charge in [0.2, 0.25) is 5.91 Å². The van der Waals surface area contributed by atoms with Crippen LogP contribution in [0.25, 0.3) is 0 Å². The van der Waals surface area contributed by atoms with Gasteiger partial charge in [0.1, 0.15) is 23.0 Å². The second-order valence-corrected chi connectivity index (χ2v) is 11.7. The van der Waals surface area contributed by atoms with Crippen LogP contribution in [0.15, 0.2) is 47.4 Å². The van der Waals surface area contributed by atoms with Crippen molar-refractivity contribution in [2.24, 2.45) is 0 Å². The van der Waals surface area contributed by atoms with Gasteiger partial charge in [0.05, 0.1) is 37.5 Å². The maximum atomic E-state index is 13.9. The summed E-state index contributed by atoms with van der Waals surface area (Å²) in [5, 5.41) is 14.6. The van der Waals surface area contributed by atoms with E-state index in [1.807, 2.05) is 0 Å². The lowest BCUT2D eigenvalue weighted by Crippen LogP contribution is -2.38. The molecule has 0 saturated carbocycles. The summed E-state index contributed by atoms with van der Waals surface area (Å²) in [6.07, 6.45) is 3.25. The van der Waals surface area contributed by atoms with Gasteiger partial charge in [0.15, 0.2) is 4.90 Å². The number of para-hydroxylation sites is 1. The molecule has 12 nitrogen and oxygen atoms in total. The highest BCUT2D eigenvalue weighted by Gasteiger charge is 2.35. The van der Waals surface area contributed by atoms with Gasteiger partial charge in [-0.1, -0.05) is 12.1 Å². The Morgan fingerprint density at radius 2 is 1.80 bits per heavy atom. The Kier molecular flexibility index (Phi) is 8.59. The minimum atomic E-state index is -4.68. The number of hydrogen-bond donors (Lipinski definition) is 1. The molecule has 1 amide bonds. The summed E-state index contributed by atoms with van der Waals surface area (Å²) >= 11 is 1.25. The van der Waals surface area contributed by atoms with Crippen molar-refractivity contribution in [2.75, 3.05) is 37.5 Å². The molecule has 3 aromatic rings. The van der Waals surface area contributed by atoms with E-state index in [9.17, 15) is 28.1 Å². The van der Waals surface area contributed by atoms with Crippen LogP contribution in [0.3, 0.4) is 0 Å². The van der Waals surface area contributed by atoms with Crippen LogP contribution in [-0.2, 0) is 32.4 Å². The number of methoxy groups -OCH3 is 3. The van der Waals surface area contributed by atoms with E-state index < -0.39 is 44.0 Å². The maximum Gasteiger partial charge on any atom is 0.341 e. The summed E-state index contributed by atoms with van der Waals surface area (Å²) in [5.41, 5.74) is 0.375. The van der Waals surface area contributed by atoms with E-state index in [4.69, 9.17) is 14.2 Å². The molecule has 0 atom stereocenters. The van der Waals surface area contributed by atoms with Crippen LogP contribution < -0.4 is 19.1 Å². The quantitative estimate of drug-likeness (QED) is 0.208. The van der Waals surface area contributed by atoms with Crippen molar-refractivity contribution in [1.29, 1.82) is 0 Å². The third kappa shape index (κ3) is 5.58. The van der Waals surface area contributed by atoms with Gasteiger partial charge < -0.3 is 19.5 Å². The first kappa shape index (κ1) is 28.8. The fourth-order valence-corrected chi connectivity index (χ4v) is 7.39. The predicted molar refractivity (Wildman–Crippen MR) is 148 cm³/mol. The lowest BCUT2D eigenvalue weighted by atomic mass is 9.95. The third-order valence-electron chi connectivity index (χ3n) is 6.39. The summed E-state index contributed by atoms with van der Waals surface area (Å²) in [6, 6.07) is 9.13. The Bertz CT molecular complexity index is 1570.